The molecule has 0 heterocycles. The van der Waals surface area contributed by atoms with Gasteiger partial charge < -0.3 is 4.74 Å². The first kappa shape index (κ1) is 11.5. The van der Waals surface area contributed by atoms with Crippen LogP contribution < -0.4 is 4.74 Å². The molecule has 1 nitrogen and oxygen atoms in total. The number of rotatable bonds is 3. The summed E-state index contributed by atoms with van der Waals surface area (Å²) < 4.78 is 6.07. The first-order valence-electron chi connectivity index (χ1n) is 6.55. The molecule has 1 aliphatic rings. The Labute approximate surface area is 98.8 Å². The van der Waals surface area contributed by atoms with Crippen molar-refractivity contribution in [2.24, 2.45) is 5.92 Å². The molecule has 0 aliphatic heterocycles. The highest BCUT2D eigenvalue weighted by molar-refractivity contribution is 5.27. The normalized spacial score (nSPS) is 25.4. The molecule has 1 aromatic carbocycles. The van der Waals surface area contributed by atoms with Gasteiger partial charge in [0.15, 0.2) is 0 Å². The lowest BCUT2D eigenvalue weighted by Gasteiger charge is -2.29. The van der Waals surface area contributed by atoms with Crippen molar-refractivity contribution in [2.45, 2.75) is 52.1 Å². The summed E-state index contributed by atoms with van der Waals surface area (Å²) in [7, 11) is 0. The van der Waals surface area contributed by atoms with Gasteiger partial charge in [-0.25, -0.2) is 0 Å². The average Bonchev–Trinajstić information content (AvgIpc) is 2.33. The zero-order valence-electron chi connectivity index (χ0n) is 10.4. The van der Waals surface area contributed by atoms with Crippen molar-refractivity contribution in [1.29, 1.82) is 0 Å². The van der Waals surface area contributed by atoms with E-state index in [9.17, 15) is 0 Å². The molecule has 0 bridgehead atoms. The van der Waals surface area contributed by atoms with Gasteiger partial charge in [0.05, 0.1) is 0 Å². The van der Waals surface area contributed by atoms with Crippen molar-refractivity contribution in [3.63, 3.8) is 0 Å². The number of hydrogen-bond donors (Lipinski definition) is 0. The maximum absolute atomic E-state index is 6.07. The van der Waals surface area contributed by atoms with Crippen LogP contribution in [0.4, 0.5) is 0 Å². The smallest absolute Gasteiger partial charge is 0.119 e. The molecule has 0 aromatic heterocycles. The minimum absolute atomic E-state index is 0.432. The second-order valence-electron chi connectivity index (χ2n) is 4.92. The topological polar surface area (TPSA) is 9.23 Å². The van der Waals surface area contributed by atoms with Gasteiger partial charge in [-0.15, -0.1) is 0 Å². The van der Waals surface area contributed by atoms with Crippen LogP contribution in [-0.4, -0.2) is 6.10 Å². The van der Waals surface area contributed by atoms with E-state index in [1.54, 1.807) is 0 Å². The van der Waals surface area contributed by atoms with Crippen LogP contribution in [0.3, 0.4) is 0 Å². The Morgan fingerprint density at radius 3 is 2.44 bits per heavy atom. The van der Waals surface area contributed by atoms with E-state index in [1.807, 2.05) is 0 Å². The van der Waals surface area contributed by atoms with Crippen LogP contribution >= 0.6 is 0 Å². The first-order chi connectivity index (χ1) is 7.79. The lowest BCUT2D eigenvalue weighted by Crippen LogP contribution is -2.28. The highest BCUT2D eigenvalue weighted by Gasteiger charge is 2.22. The van der Waals surface area contributed by atoms with Crippen LogP contribution in [0.15, 0.2) is 24.3 Å². The minimum Gasteiger partial charge on any atom is -0.490 e. The van der Waals surface area contributed by atoms with E-state index in [1.165, 1.54) is 31.2 Å². The summed E-state index contributed by atoms with van der Waals surface area (Å²) in [6.45, 7) is 4.49. The lowest BCUT2D eigenvalue weighted by molar-refractivity contribution is 0.102. The van der Waals surface area contributed by atoms with E-state index in [2.05, 4.69) is 38.1 Å². The van der Waals surface area contributed by atoms with E-state index in [-0.39, 0.29) is 0 Å². The van der Waals surface area contributed by atoms with Crippen LogP contribution in [0.25, 0.3) is 0 Å². The molecule has 0 spiro atoms. The van der Waals surface area contributed by atoms with Crippen LogP contribution in [-0.2, 0) is 6.42 Å². The third-order valence-corrected chi connectivity index (χ3v) is 3.65. The van der Waals surface area contributed by atoms with Gasteiger partial charge in [-0.1, -0.05) is 32.4 Å². The van der Waals surface area contributed by atoms with E-state index in [4.69, 9.17) is 4.74 Å². The Morgan fingerprint density at radius 1 is 1.12 bits per heavy atom. The van der Waals surface area contributed by atoms with Gasteiger partial charge in [0.25, 0.3) is 0 Å². The fourth-order valence-electron chi connectivity index (χ4n) is 2.44. The van der Waals surface area contributed by atoms with Crippen molar-refractivity contribution in [1.82, 2.24) is 0 Å². The van der Waals surface area contributed by atoms with Gasteiger partial charge in [-0.2, -0.15) is 0 Å². The Balaban J connectivity index is 1.96. The van der Waals surface area contributed by atoms with Gasteiger partial charge in [-0.05, 0) is 49.3 Å². The molecule has 1 heteroatoms. The van der Waals surface area contributed by atoms with E-state index in [0.717, 1.165) is 12.2 Å². The van der Waals surface area contributed by atoms with Gasteiger partial charge in [0.1, 0.15) is 11.9 Å². The quantitative estimate of drug-likeness (QED) is 0.738. The van der Waals surface area contributed by atoms with Gasteiger partial charge in [0, 0.05) is 0 Å². The molecule has 0 radical (unpaired) electrons. The summed E-state index contributed by atoms with van der Waals surface area (Å²) in [4.78, 5) is 0. The van der Waals surface area contributed by atoms with Crippen LogP contribution in [0.1, 0.15) is 45.1 Å². The Bertz CT molecular complexity index is 315. The molecule has 88 valence electrons. The van der Waals surface area contributed by atoms with Crippen LogP contribution in [0, 0.1) is 5.92 Å². The SMILES string of the molecule is CCc1ccc(O[C@H]2CCCC[C@@H]2C)cc1. The summed E-state index contributed by atoms with van der Waals surface area (Å²) in [5, 5.41) is 0. The lowest BCUT2D eigenvalue weighted by atomic mass is 9.88. The van der Waals surface area contributed by atoms with Crippen LogP contribution in [0.2, 0.25) is 0 Å². The summed E-state index contributed by atoms with van der Waals surface area (Å²) in [5.41, 5.74) is 1.38. The second-order valence-corrected chi connectivity index (χ2v) is 4.92. The fraction of sp³-hybridized carbons (Fsp3) is 0.600. The molecule has 1 saturated carbocycles. The van der Waals surface area contributed by atoms with Gasteiger partial charge >= 0.3 is 0 Å². The number of hydrogen-bond acceptors (Lipinski definition) is 1. The van der Waals surface area contributed by atoms with Crippen molar-refractivity contribution in [2.75, 3.05) is 0 Å². The first-order valence-corrected chi connectivity index (χ1v) is 6.55. The predicted molar refractivity (Wildman–Crippen MR) is 67.9 cm³/mol. The van der Waals surface area contributed by atoms with Crippen molar-refractivity contribution < 1.29 is 4.74 Å². The standard InChI is InChI=1S/C15H22O/c1-3-13-8-10-14(11-9-13)16-15-7-5-4-6-12(15)2/h8-12,15H,3-7H2,1-2H3/t12-,15-/m0/s1. The monoisotopic (exact) mass is 218 g/mol. The van der Waals surface area contributed by atoms with Crippen molar-refractivity contribution >= 4 is 0 Å². The zero-order valence-corrected chi connectivity index (χ0v) is 10.4. The number of benzene rings is 1. The summed E-state index contributed by atoms with van der Waals surface area (Å²) >= 11 is 0. The summed E-state index contributed by atoms with van der Waals surface area (Å²) in [6.07, 6.45) is 6.76. The maximum atomic E-state index is 6.07. The molecular weight excluding hydrogens is 196 g/mol. The number of ether oxygens (including phenoxy) is 1. The molecule has 1 aromatic rings. The maximum Gasteiger partial charge on any atom is 0.119 e. The molecule has 1 fully saturated rings. The Hall–Kier alpha value is -0.980. The van der Waals surface area contributed by atoms with E-state index in [0.29, 0.717) is 12.0 Å². The molecule has 0 amide bonds. The largest absolute Gasteiger partial charge is 0.490 e. The van der Waals surface area contributed by atoms with E-state index < -0.39 is 0 Å². The fourth-order valence-corrected chi connectivity index (χ4v) is 2.44. The van der Waals surface area contributed by atoms with Crippen molar-refractivity contribution in [3.05, 3.63) is 29.8 Å². The van der Waals surface area contributed by atoms with Gasteiger partial charge in [0.2, 0.25) is 0 Å². The Kier molecular flexibility index (Phi) is 3.87. The molecule has 0 unspecified atom stereocenters. The molecule has 0 saturated heterocycles. The molecule has 1 aliphatic carbocycles. The van der Waals surface area contributed by atoms with Gasteiger partial charge in [-0.3, -0.25) is 0 Å². The zero-order chi connectivity index (χ0) is 11.4. The summed E-state index contributed by atoms with van der Waals surface area (Å²) in [5.74, 6) is 1.75. The molecule has 2 atom stereocenters. The third kappa shape index (κ3) is 2.78. The highest BCUT2D eigenvalue weighted by Crippen LogP contribution is 2.28. The van der Waals surface area contributed by atoms with Crippen LogP contribution in [0.5, 0.6) is 5.75 Å². The Morgan fingerprint density at radius 2 is 1.81 bits per heavy atom. The highest BCUT2D eigenvalue weighted by atomic mass is 16.5. The third-order valence-electron chi connectivity index (χ3n) is 3.65. The number of aryl methyl sites for hydroxylation is 1. The van der Waals surface area contributed by atoms with E-state index >= 15 is 0 Å². The second kappa shape index (κ2) is 5.38. The predicted octanol–water partition coefficient (Wildman–Crippen LogP) is 4.21. The molecule has 2 rings (SSSR count). The molecule has 0 N–H and O–H groups in total. The molecular formula is C15H22O. The summed E-state index contributed by atoms with van der Waals surface area (Å²) in [6, 6.07) is 8.56. The average molecular weight is 218 g/mol. The minimum atomic E-state index is 0.432. The molecule has 16 heavy (non-hydrogen) atoms. The van der Waals surface area contributed by atoms with Crippen molar-refractivity contribution in [3.8, 4) is 5.75 Å².